The molecule has 0 radical (unpaired) electrons. The minimum Gasteiger partial charge on any atom is -0.508 e. The van der Waals surface area contributed by atoms with Crippen LogP contribution in [0, 0.1) is 23.7 Å². The zero-order valence-electron chi connectivity index (χ0n) is 22.0. The third-order valence-corrected chi connectivity index (χ3v) is 5.03. The molecule has 0 aromatic heterocycles. The molecule has 1 unspecified atom stereocenters. The third-order valence-electron chi connectivity index (χ3n) is 5.03. The largest absolute Gasteiger partial charge is 0.508 e. The van der Waals surface area contributed by atoms with Crippen molar-refractivity contribution in [2.75, 3.05) is 6.61 Å². The molecule has 2 N–H and O–H groups in total. The normalized spacial score (nSPS) is 14.1. The lowest BCUT2D eigenvalue weighted by molar-refractivity contribution is -0.222. The molecule has 3 rings (SSSR count). The number of aromatic hydroxyl groups is 2. The van der Waals surface area contributed by atoms with Gasteiger partial charge >= 0.3 is 17.9 Å². The first-order valence-corrected chi connectivity index (χ1v) is 11.8. The molecule has 0 spiro atoms. The molecule has 1 saturated heterocycles. The van der Waals surface area contributed by atoms with E-state index in [-0.39, 0.29) is 41.0 Å². The maximum Gasteiger partial charge on any atom is 0.350 e. The van der Waals surface area contributed by atoms with Crippen molar-refractivity contribution in [1.82, 2.24) is 0 Å². The molecular weight excluding hydrogens is 488 g/mol. The van der Waals surface area contributed by atoms with E-state index in [9.17, 15) is 24.6 Å². The van der Waals surface area contributed by atoms with Crippen LogP contribution in [0.1, 0.15) is 58.1 Å². The number of ether oxygens (including phenoxy) is 3. The zero-order chi connectivity index (χ0) is 28.3. The van der Waals surface area contributed by atoms with Gasteiger partial charge < -0.3 is 24.4 Å². The summed E-state index contributed by atoms with van der Waals surface area (Å²) >= 11 is 0. The van der Waals surface area contributed by atoms with Gasteiger partial charge in [0.05, 0.1) is 24.5 Å². The van der Waals surface area contributed by atoms with Crippen LogP contribution in [0.4, 0.5) is 0 Å². The lowest BCUT2D eigenvalue weighted by atomic mass is 9.96. The lowest BCUT2D eigenvalue weighted by Crippen LogP contribution is -2.42. The summed E-state index contributed by atoms with van der Waals surface area (Å²) in [4.78, 5) is 35.6. The maximum absolute atomic E-state index is 12.1. The summed E-state index contributed by atoms with van der Waals surface area (Å²) in [5.74, 6) is 8.15. The van der Waals surface area contributed by atoms with Crippen molar-refractivity contribution in [3.05, 3.63) is 65.2 Å². The van der Waals surface area contributed by atoms with E-state index in [0.717, 1.165) is 5.56 Å². The van der Waals surface area contributed by atoms with Gasteiger partial charge in [-0.3, -0.25) is 4.79 Å². The molecule has 0 aliphatic carbocycles. The van der Waals surface area contributed by atoms with Gasteiger partial charge in [-0.05, 0) is 56.2 Å². The molecule has 2 aromatic carbocycles. The number of esters is 3. The number of hydrogen-bond acceptors (Lipinski definition) is 8. The molecule has 1 heterocycles. The third kappa shape index (κ3) is 8.46. The Morgan fingerprint density at radius 2 is 1.45 bits per heavy atom. The summed E-state index contributed by atoms with van der Waals surface area (Å²) in [6.45, 7) is 8.43. The number of benzene rings is 2. The Morgan fingerprint density at radius 3 is 1.92 bits per heavy atom. The van der Waals surface area contributed by atoms with Gasteiger partial charge in [0.1, 0.15) is 11.5 Å². The Bertz CT molecular complexity index is 1290. The smallest absolute Gasteiger partial charge is 0.350 e. The number of phenolic OH excluding ortho intramolecular Hbond substituents is 2. The average Bonchev–Trinajstić information content (AvgIpc) is 2.84. The first-order valence-electron chi connectivity index (χ1n) is 11.8. The highest BCUT2D eigenvalue weighted by atomic mass is 16.7. The van der Waals surface area contributed by atoms with Crippen LogP contribution >= 0.6 is 0 Å². The van der Waals surface area contributed by atoms with E-state index in [4.69, 9.17) is 14.2 Å². The lowest BCUT2D eigenvalue weighted by Gasteiger charge is -2.30. The first kappa shape index (κ1) is 29.5. The van der Waals surface area contributed by atoms with Crippen molar-refractivity contribution >= 4 is 23.5 Å². The summed E-state index contributed by atoms with van der Waals surface area (Å²) in [5.41, 5.74) is 1.40. The molecular formula is C30H30O8. The van der Waals surface area contributed by atoms with Crippen LogP contribution in [0.5, 0.6) is 11.5 Å². The van der Waals surface area contributed by atoms with E-state index >= 15 is 0 Å². The second kappa shape index (κ2) is 13.6. The summed E-state index contributed by atoms with van der Waals surface area (Å²) in [5, 5.41) is 18.5. The Balaban J connectivity index is 0.000000273. The van der Waals surface area contributed by atoms with Crippen LogP contribution in [0.2, 0.25) is 0 Å². The Labute approximate surface area is 222 Å². The number of phenols is 2. The van der Waals surface area contributed by atoms with Crippen LogP contribution in [0.15, 0.2) is 54.1 Å². The highest BCUT2D eigenvalue weighted by Gasteiger charge is 2.40. The van der Waals surface area contributed by atoms with Gasteiger partial charge in [0.15, 0.2) is 5.57 Å². The van der Waals surface area contributed by atoms with Crippen molar-refractivity contribution in [2.45, 2.75) is 52.7 Å². The molecule has 1 aliphatic rings. The van der Waals surface area contributed by atoms with E-state index in [1.807, 2.05) is 0 Å². The van der Waals surface area contributed by atoms with Crippen LogP contribution in [-0.2, 0) is 28.6 Å². The van der Waals surface area contributed by atoms with Crippen molar-refractivity contribution < 1.29 is 38.8 Å². The predicted octanol–water partition coefficient (Wildman–Crippen LogP) is 4.46. The fourth-order valence-electron chi connectivity index (χ4n) is 3.41. The number of cyclic esters (lactones) is 2. The highest BCUT2D eigenvalue weighted by Crippen LogP contribution is 2.29. The number of allylic oxidation sites excluding steroid dienone is 1. The van der Waals surface area contributed by atoms with E-state index in [0.29, 0.717) is 12.2 Å². The Hall–Kier alpha value is -4.69. The second-order valence-corrected chi connectivity index (χ2v) is 8.40. The van der Waals surface area contributed by atoms with Crippen molar-refractivity contribution in [2.24, 2.45) is 0 Å². The van der Waals surface area contributed by atoms with E-state index in [1.54, 1.807) is 57.2 Å². The van der Waals surface area contributed by atoms with E-state index in [2.05, 4.69) is 23.7 Å². The molecule has 1 fully saturated rings. The topological polar surface area (TPSA) is 119 Å². The average molecular weight is 519 g/mol. The Morgan fingerprint density at radius 1 is 0.921 bits per heavy atom. The van der Waals surface area contributed by atoms with E-state index in [1.165, 1.54) is 26.0 Å². The van der Waals surface area contributed by atoms with Crippen LogP contribution in [0.3, 0.4) is 0 Å². The second-order valence-electron chi connectivity index (χ2n) is 8.40. The molecule has 8 nitrogen and oxygen atoms in total. The molecule has 8 heteroatoms. The molecule has 198 valence electrons. The predicted molar refractivity (Wildman–Crippen MR) is 140 cm³/mol. The summed E-state index contributed by atoms with van der Waals surface area (Å²) in [6, 6.07) is 12.7. The number of carbonyl (C=O) groups excluding carboxylic acids is 3. The molecule has 0 bridgehead atoms. The Kier molecular flexibility index (Phi) is 10.6. The van der Waals surface area contributed by atoms with Gasteiger partial charge in [-0.25, -0.2) is 9.59 Å². The standard InChI is InChI=1S/C16H14O5.C14H16O3/c1-4-5-12(10-6-8-11(17)9-7-10)13-14(18)20-16(2,3)21-15(13)19;1-3-5-12(10-14(16)17-4-2)11-6-8-13(15)9-7-11/h6-9,17H,1-3H3;6-9,12,15H,4,10H2,1-2H3. The van der Waals surface area contributed by atoms with Crippen molar-refractivity contribution in [3.8, 4) is 35.2 Å². The minimum absolute atomic E-state index is 0.0717. The summed E-state index contributed by atoms with van der Waals surface area (Å²) in [7, 11) is 0. The number of hydrogen-bond donors (Lipinski definition) is 2. The molecule has 1 atom stereocenters. The van der Waals surface area contributed by atoms with Gasteiger partial charge in [-0.15, -0.1) is 11.8 Å². The summed E-state index contributed by atoms with van der Waals surface area (Å²) in [6.07, 6.45) is 0.236. The number of rotatable bonds is 5. The number of carbonyl (C=O) groups is 3. The van der Waals surface area contributed by atoms with Crippen molar-refractivity contribution in [1.29, 1.82) is 0 Å². The molecule has 38 heavy (non-hydrogen) atoms. The highest BCUT2D eigenvalue weighted by molar-refractivity contribution is 6.22. The van der Waals surface area contributed by atoms with Gasteiger partial charge in [0.2, 0.25) is 0 Å². The van der Waals surface area contributed by atoms with Gasteiger partial charge in [-0.2, -0.15) is 0 Å². The van der Waals surface area contributed by atoms with Gasteiger partial charge in [-0.1, -0.05) is 36.1 Å². The van der Waals surface area contributed by atoms with E-state index < -0.39 is 17.7 Å². The summed E-state index contributed by atoms with van der Waals surface area (Å²) < 4.78 is 15.1. The molecule has 0 amide bonds. The fourth-order valence-corrected chi connectivity index (χ4v) is 3.41. The van der Waals surface area contributed by atoms with Crippen LogP contribution < -0.4 is 0 Å². The van der Waals surface area contributed by atoms with Gasteiger partial charge in [0.25, 0.3) is 5.79 Å². The quantitative estimate of drug-likeness (QED) is 0.258. The monoisotopic (exact) mass is 518 g/mol. The zero-order valence-corrected chi connectivity index (χ0v) is 22.0. The van der Waals surface area contributed by atoms with Crippen LogP contribution in [0.25, 0.3) is 5.57 Å². The SMILES string of the molecule is CC#CC(=C1C(=O)OC(C)(C)OC1=O)c1ccc(O)cc1.CC#CC(CC(=O)OCC)c1ccc(O)cc1. The van der Waals surface area contributed by atoms with Gasteiger partial charge in [0, 0.05) is 13.8 Å². The van der Waals surface area contributed by atoms with Crippen molar-refractivity contribution in [3.63, 3.8) is 0 Å². The molecule has 1 aliphatic heterocycles. The molecule has 2 aromatic rings. The van der Waals surface area contributed by atoms with Crippen LogP contribution in [-0.4, -0.2) is 40.5 Å². The maximum atomic E-state index is 12.1. The minimum atomic E-state index is -1.29. The fraction of sp³-hybridized carbons (Fsp3) is 0.300. The molecule has 0 saturated carbocycles. The first-order chi connectivity index (χ1) is 18.0.